The summed E-state index contributed by atoms with van der Waals surface area (Å²) in [6, 6.07) is 0. The SMILES string of the molecule is CCc1noc(-c2cnc(C)nc2N2CCC(C(=O)Nc3nccs3)CC2)n1. The average molecular weight is 399 g/mol. The molecule has 0 aromatic carbocycles. The lowest BCUT2D eigenvalue weighted by Crippen LogP contribution is -2.39. The maximum atomic E-state index is 12.5. The Morgan fingerprint density at radius 3 is 2.82 bits per heavy atom. The summed E-state index contributed by atoms with van der Waals surface area (Å²) in [7, 11) is 0. The molecule has 1 fully saturated rings. The molecule has 1 aliphatic heterocycles. The van der Waals surface area contributed by atoms with E-state index in [1.165, 1.54) is 11.3 Å². The van der Waals surface area contributed by atoms with Crippen LogP contribution < -0.4 is 10.2 Å². The number of rotatable bonds is 5. The Morgan fingerprint density at radius 2 is 2.14 bits per heavy atom. The highest BCUT2D eigenvalue weighted by atomic mass is 32.1. The van der Waals surface area contributed by atoms with Gasteiger partial charge in [0.2, 0.25) is 5.91 Å². The van der Waals surface area contributed by atoms with E-state index in [1.54, 1.807) is 12.4 Å². The highest BCUT2D eigenvalue weighted by Gasteiger charge is 2.28. The largest absolute Gasteiger partial charge is 0.356 e. The number of nitrogens with zero attached hydrogens (tertiary/aromatic N) is 6. The first-order valence-electron chi connectivity index (χ1n) is 9.26. The number of carbonyl (C=O) groups is 1. The van der Waals surface area contributed by atoms with Gasteiger partial charge in [-0.1, -0.05) is 12.1 Å². The lowest BCUT2D eigenvalue weighted by atomic mass is 9.96. The molecule has 10 heteroatoms. The van der Waals surface area contributed by atoms with Crippen molar-refractivity contribution in [1.82, 2.24) is 25.1 Å². The molecule has 0 saturated carbocycles. The lowest BCUT2D eigenvalue weighted by molar-refractivity contribution is -0.120. The number of amides is 1. The van der Waals surface area contributed by atoms with Crippen molar-refractivity contribution in [2.75, 3.05) is 23.3 Å². The summed E-state index contributed by atoms with van der Waals surface area (Å²) in [5, 5.41) is 9.35. The van der Waals surface area contributed by atoms with E-state index < -0.39 is 0 Å². The van der Waals surface area contributed by atoms with Crippen molar-refractivity contribution < 1.29 is 9.32 Å². The van der Waals surface area contributed by atoms with Crippen LogP contribution in [0.15, 0.2) is 22.3 Å². The zero-order chi connectivity index (χ0) is 19.5. The number of thiazole rings is 1. The Hall–Kier alpha value is -2.88. The monoisotopic (exact) mass is 399 g/mol. The molecule has 4 heterocycles. The normalized spacial score (nSPS) is 15.0. The van der Waals surface area contributed by atoms with E-state index in [0.717, 1.165) is 24.2 Å². The van der Waals surface area contributed by atoms with Gasteiger partial charge >= 0.3 is 0 Å². The molecule has 0 bridgehead atoms. The lowest BCUT2D eigenvalue weighted by Gasteiger charge is -2.32. The van der Waals surface area contributed by atoms with Gasteiger partial charge in [-0.2, -0.15) is 4.98 Å². The first kappa shape index (κ1) is 18.5. The number of aryl methyl sites for hydroxylation is 2. The zero-order valence-electron chi connectivity index (χ0n) is 15.8. The Bertz CT molecular complexity index is 949. The van der Waals surface area contributed by atoms with E-state index in [2.05, 4.69) is 35.3 Å². The molecule has 1 N–H and O–H groups in total. The molecular weight excluding hydrogens is 378 g/mol. The third kappa shape index (κ3) is 3.86. The van der Waals surface area contributed by atoms with Gasteiger partial charge in [-0.3, -0.25) is 4.79 Å². The molecule has 0 atom stereocenters. The van der Waals surface area contributed by atoms with Gasteiger partial charge in [0.25, 0.3) is 5.89 Å². The fraction of sp³-hybridized carbons (Fsp3) is 0.444. The Kier molecular flexibility index (Phi) is 5.29. The van der Waals surface area contributed by atoms with Crippen LogP contribution in [0.5, 0.6) is 0 Å². The van der Waals surface area contributed by atoms with E-state index in [0.29, 0.717) is 42.2 Å². The van der Waals surface area contributed by atoms with Gasteiger partial charge in [0.05, 0.1) is 0 Å². The molecule has 1 aliphatic rings. The third-order valence-corrected chi connectivity index (χ3v) is 5.42. The first-order chi connectivity index (χ1) is 13.6. The van der Waals surface area contributed by atoms with Gasteiger partial charge in [0.1, 0.15) is 17.2 Å². The fourth-order valence-electron chi connectivity index (χ4n) is 3.20. The molecule has 0 unspecified atom stereocenters. The van der Waals surface area contributed by atoms with E-state index in [1.807, 2.05) is 19.2 Å². The smallest absolute Gasteiger partial charge is 0.263 e. The molecule has 28 heavy (non-hydrogen) atoms. The number of aromatic nitrogens is 5. The van der Waals surface area contributed by atoms with Crippen LogP contribution in [-0.4, -0.2) is 44.1 Å². The second kappa shape index (κ2) is 8.01. The summed E-state index contributed by atoms with van der Waals surface area (Å²) in [4.78, 5) is 32.1. The fourth-order valence-corrected chi connectivity index (χ4v) is 3.73. The Morgan fingerprint density at radius 1 is 1.32 bits per heavy atom. The van der Waals surface area contributed by atoms with Crippen molar-refractivity contribution >= 4 is 28.2 Å². The van der Waals surface area contributed by atoms with Crippen LogP contribution in [0, 0.1) is 12.8 Å². The Balaban J connectivity index is 1.48. The number of nitrogens with one attached hydrogen (secondary N) is 1. The summed E-state index contributed by atoms with van der Waals surface area (Å²) in [6.07, 6.45) is 5.59. The highest BCUT2D eigenvalue weighted by Crippen LogP contribution is 2.31. The van der Waals surface area contributed by atoms with Crippen LogP contribution in [0.4, 0.5) is 10.9 Å². The zero-order valence-corrected chi connectivity index (χ0v) is 16.6. The minimum absolute atomic E-state index is 0.0261. The number of piperidine rings is 1. The minimum atomic E-state index is -0.0402. The summed E-state index contributed by atoms with van der Waals surface area (Å²) >= 11 is 1.42. The number of hydrogen-bond donors (Lipinski definition) is 1. The van der Waals surface area contributed by atoms with Gasteiger partial charge in [-0.25, -0.2) is 15.0 Å². The average Bonchev–Trinajstić information content (AvgIpc) is 3.40. The van der Waals surface area contributed by atoms with Gasteiger partial charge in [0, 0.05) is 43.2 Å². The summed E-state index contributed by atoms with van der Waals surface area (Å²) < 4.78 is 5.39. The molecular formula is C18H21N7O2S. The van der Waals surface area contributed by atoms with Crippen molar-refractivity contribution in [3.63, 3.8) is 0 Å². The van der Waals surface area contributed by atoms with Crippen LogP contribution in [0.3, 0.4) is 0 Å². The molecule has 3 aromatic rings. The number of hydrogen-bond acceptors (Lipinski definition) is 9. The molecule has 146 valence electrons. The van der Waals surface area contributed by atoms with E-state index in [9.17, 15) is 4.79 Å². The van der Waals surface area contributed by atoms with Crippen LogP contribution in [-0.2, 0) is 11.2 Å². The van der Waals surface area contributed by atoms with Gasteiger partial charge in [0.15, 0.2) is 11.0 Å². The van der Waals surface area contributed by atoms with Crippen LogP contribution in [0.1, 0.15) is 31.4 Å². The summed E-state index contributed by atoms with van der Waals surface area (Å²) in [5.41, 5.74) is 0.725. The maximum absolute atomic E-state index is 12.5. The molecule has 4 rings (SSSR count). The van der Waals surface area contributed by atoms with E-state index in [4.69, 9.17) is 4.52 Å². The summed E-state index contributed by atoms with van der Waals surface area (Å²) in [6.45, 7) is 5.26. The summed E-state index contributed by atoms with van der Waals surface area (Å²) in [5.74, 6) is 2.52. The number of carbonyl (C=O) groups excluding carboxylic acids is 1. The molecule has 0 radical (unpaired) electrons. The topological polar surface area (TPSA) is 110 Å². The molecule has 1 saturated heterocycles. The van der Waals surface area contributed by atoms with Crippen molar-refractivity contribution in [3.8, 4) is 11.5 Å². The van der Waals surface area contributed by atoms with Gasteiger partial charge in [-0.05, 0) is 19.8 Å². The quantitative estimate of drug-likeness (QED) is 0.697. The van der Waals surface area contributed by atoms with Crippen LogP contribution in [0.2, 0.25) is 0 Å². The number of anilines is 2. The van der Waals surface area contributed by atoms with Crippen molar-refractivity contribution in [2.45, 2.75) is 33.1 Å². The van der Waals surface area contributed by atoms with Crippen molar-refractivity contribution in [3.05, 3.63) is 29.4 Å². The van der Waals surface area contributed by atoms with Gasteiger partial charge in [-0.15, -0.1) is 11.3 Å². The molecule has 3 aromatic heterocycles. The van der Waals surface area contributed by atoms with Crippen LogP contribution >= 0.6 is 11.3 Å². The van der Waals surface area contributed by atoms with E-state index in [-0.39, 0.29) is 11.8 Å². The first-order valence-corrected chi connectivity index (χ1v) is 10.1. The molecule has 9 nitrogen and oxygen atoms in total. The Labute approximate surface area is 166 Å². The highest BCUT2D eigenvalue weighted by molar-refractivity contribution is 7.13. The predicted octanol–water partition coefficient (Wildman–Crippen LogP) is 2.71. The van der Waals surface area contributed by atoms with Crippen molar-refractivity contribution in [1.29, 1.82) is 0 Å². The second-order valence-corrected chi connectivity index (χ2v) is 7.51. The second-order valence-electron chi connectivity index (χ2n) is 6.61. The third-order valence-electron chi connectivity index (χ3n) is 4.73. The van der Waals surface area contributed by atoms with E-state index >= 15 is 0 Å². The predicted molar refractivity (Wildman–Crippen MR) is 105 cm³/mol. The minimum Gasteiger partial charge on any atom is -0.356 e. The molecule has 0 aliphatic carbocycles. The maximum Gasteiger partial charge on any atom is 0.263 e. The standard InChI is InChI=1S/C18H21N7O2S/c1-3-14-22-17(27-24-14)13-10-20-11(2)21-15(13)25-7-4-12(5-8-25)16(26)23-18-19-6-9-28-18/h6,9-10,12H,3-5,7-8H2,1-2H3,(H,19,23,26). The van der Waals surface area contributed by atoms with Crippen LogP contribution in [0.25, 0.3) is 11.5 Å². The molecule has 0 spiro atoms. The van der Waals surface area contributed by atoms with Crippen molar-refractivity contribution in [2.24, 2.45) is 5.92 Å². The van der Waals surface area contributed by atoms with Gasteiger partial charge < -0.3 is 14.7 Å². The molecule has 1 amide bonds.